The summed E-state index contributed by atoms with van der Waals surface area (Å²) >= 11 is 0. The molecule has 3 heterocycles. The van der Waals surface area contributed by atoms with E-state index in [1.54, 1.807) is 18.5 Å². The number of rotatable bonds is 2. The van der Waals surface area contributed by atoms with Gasteiger partial charge in [0.2, 0.25) is 0 Å². The van der Waals surface area contributed by atoms with Crippen LogP contribution in [0.5, 0.6) is 0 Å². The molecular weight excluding hydrogens is 281 g/mol. The molecule has 1 aromatic carbocycles. The zero-order chi connectivity index (χ0) is 14.9. The van der Waals surface area contributed by atoms with E-state index in [0.29, 0.717) is 5.69 Å². The Bertz CT molecular complexity index is 792. The molecule has 22 heavy (non-hydrogen) atoms. The molecule has 0 amide bonds. The summed E-state index contributed by atoms with van der Waals surface area (Å²) in [5.41, 5.74) is 1.68. The molecule has 0 saturated carbocycles. The van der Waals surface area contributed by atoms with Gasteiger partial charge in [0.15, 0.2) is 5.82 Å². The van der Waals surface area contributed by atoms with Crippen LogP contribution in [-0.4, -0.2) is 40.8 Å². The van der Waals surface area contributed by atoms with Gasteiger partial charge in [-0.25, -0.2) is 13.9 Å². The number of hydrogen-bond acceptors (Lipinski definition) is 4. The Labute approximate surface area is 127 Å². The van der Waals surface area contributed by atoms with E-state index in [2.05, 4.69) is 19.9 Å². The van der Waals surface area contributed by atoms with Gasteiger partial charge in [-0.05, 0) is 18.2 Å². The van der Waals surface area contributed by atoms with Crippen LogP contribution in [0.15, 0.2) is 48.9 Å². The standard InChI is InChI=1S/C16H16FN5/c17-13-3-1-2-4-14(13)20-9-11-21(12-10-20)16-15-5-6-19-22(15)8-7-18-16/h1-8H,9-12H2. The summed E-state index contributed by atoms with van der Waals surface area (Å²) in [5.74, 6) is 0.778. The maximum Gasteiger partial charge on any atom is 0.154 e. The van der Waals surface area contributed by atoms with Crippen LogP contribution >= 0.6 is 0 Å². The van der Waals surface area contributed by atoms with Crippen LogP contribution in [-0.2, 0) is 0 Å². The van der Waals surface area contributed by atoms with Crippen LogP contribution in [0.25, 0.3) is 5.52 Å². The quantitative estimate of drug-likeness (QED) is 0.726. The Kier molecular flexibility index (Phi) is 3.14. The molecule has 4 rings (SSSR count). The molecule has 1 aliphatic heterocycles. The van der Waals surface area contributed by atoms with Crippen LogP contribution in [0.2, 0.25) is 0 Å². The van der Waals surface area contributed by atoms with Gasteiger partial charge in [0, 0.05) is 38.6 Å². The van der Waals surface area contributed by atoms with Gasteiger partial charge < -0.3 is 9.80 Å². The molecule has 112 valence electrons. The third-order valence-electron chi connectivity index (χ3n) is 4.08. The highest BCUT2D eigenvalue weighted by Gasteiger charge is 2.21. The lowest BCUT2D eigenvalue weighted by Gasteiger charge is -2.36. The van der Waals surface area contributed by atoms with Crippen LogP contribution < -0.4 is 9.80 Å². The van der Waals surface area contributed by atoms with Gasteiger partial charge >= 0.3 is 0 Å². The minimum atomic E-state index is -0.160. The van der Waals surface area contributed by atoms with E-state index < -0.39 is 0 Å². The number of aromatic nitrogens is 3. The summed E-state index contributed by atoms with van der Waals surface area (Å²) in [4.78, 5) is 8.81. The Morgan fingerprint density at radius 1 is 0.909 bits per heavy atom. The molecule has 1 aliphatic rings. The van der Waals surface area contributed by atoms with Crippen molar-refractivity contribution in [2.24, 2.45) is 0 Å². The molecule has 3 aromatic rings. The Morgan fingerprint density at radius 2 is 1.68 bits per heavy atom. The SMILES string of the molecule is Fc1ccccc1N1CCN(c2nccn3nccc23)CC1. The van der Waals surface area contributed by atoms with Crippen LogP contribution in [0, 0.1) is 5.82 Å². The van der Waals surface area contributed by atoms with Gasteiger partial charge in [-0.2, -0.15) is 5.10 Å². The second-order valence-electron chi connectivity index (χ2n) is 5.34. The molecule has 0 aliphatic carbocycles. The van der Waals surface area contributed by atoms with Crippen molar-refractivity contribution in [1.82, 2.24) is 14.6 Å². The average molecular weight is 297 g/mol. The van der Waals surface area contributed by atoms with Crippen molar-refractivity contribution in [3.8, 4) is 0 Å². The van der Waals surface area contributed by atoms with Crippen molar-refractivity contribution in [3.05, 3.63) is 54.7 Å². The first-order chi connectivity index (χ1) is 10.8. The molecule has 0 unspecified atom stereocenters. The molecule has 0 bridgehead atoms. The van der Waals surface area contributed by atoms with Gasteiger partial charge in [-0.15, -0.1) is 0 Å². The molecule has 0 atom stereocenters. The summed E-state index contributed by atoms with van der Waals surface area (Å²) in [6, 6.07) is 8.90. The summed E-state index contributed by atoms with van der Waals surface area (Å²) in [6.45, 7) is 3.17. The van der Waals surface area contributed by atoms with E-state index >= 15 is 0 Å². The Morgan fingerprint density at radius 3 is 2.50 bits per heavy atom. The van der Waals surface area contributed by atoms with E-state index in [1.165, 1.54) is 6.07 Å². The molecule has 0 N–H and O–H groups in total. The largest absolute Gasteiger partial charge is 0.366 e. The van der Waals surface area contributed by atoms with Crippen LogP contribution in [0.4, 0.5) is 15.9 Å². The highest BCUT2D eigenvalue weighted by molar-refractivity contribution is 5.68. The predicted molar refractivity (Wildman–Crippen MR) is 83.8 cm³/mol. The van der Waals surface area contributed by atoms with Crippen molar-refractivity contribution < 1.29 is 4.39 Å². The number of nitrogens with zero attached hydrogens (tertiary/aromatic N) is 5. The van der Waals surface area contributed by atoms with Crippen LogP contribution in [0.1, 0.15) is 0 Å². The van der Waals surface area contributed by atoms with Crippen molar-refractivity contribution in [2.75, 3.05) is 36.0 Å². The van der Waals surface area contributed by atoms with Crippen molar-refractivity contribution in [1.29, 1.82) is 0 Å². The van der Waals surface area contributed by atoms with E-state index in [1.807, 2.05) is 28.9 Å². The topological polar surface area (TPSA) is 36.7 Å². The fourth-order valence-corrected chi connectivity index (χ4v) is 2.95. The van der Waals surface area contributed by atoms with Crippen molar-refractivity contribution in [2.45, 2.75) is 0 Å². The molecular formula is C16H16FN5. The number of benzene rings is 1. The third kappa shape index (κ3) is 2.16. The highest BCUT2D eigenvalue weighted by Crippen LogP contribution is 2.23. The molecule has 0 spiro atoms. The van der Waals surface area contributed by atoms with E-state index in [4.69, 9.17) is 0 Å². The van der Waals surface area contributed by atoms with E-state index in [9.17, 15) is 4.39 Å². The second kappa shape index (κ2) is 5.29. The number of fused-ring (bicyclic) bond motifs is 1. The summed E-state index contributed by atoms with van der Waals surface area (Å²) in [5, 5.41) is 4.24. The lowest BCUT2D eigenvalue weighted by atomic mass is 10.2. The van der Waals surface area contributed by atoms with Gasteiger partial charge in [-0.1, -0.05) is 12.1 Å². The average Bonchev–Trinajstić information content (AvgIpc) is 3.04. The number of hydrogen-bond donors (Lipinski definition) is 0. The maximum absolute atomic E-state index is 13.9. The molecule has 1 fully saturated rings. The fraction of sp³-hybridized carbons (Fsp3) is 0.250. The highest BCUT2D eigenvalue weighted by atomic mass is 19.1. The Hall–Kier alpha value is -2.63. The monoisotopic (exact) mass is 297 g/mol. The number of para-hydroxylation sites is 1. The molecule has 0 radical (unpaired) electrons. The minimum Gasteiger partial charge on any atom is -0.366 e. The maximum atomic E-state index is 13.9. The molecule has 1 saturated heterocycles. The zero-order valence-corrected chi connectivity index (χ0v) is 12.1. The van der Waals surface area contributed by atoms with Crippen LogP contribution in [0.3, 0.4) is 0 Å². The molecule has 2 aromatic heterocycles. The molecule has 6 heteroatoms. The minimum absolute atomic E-state index is 0.160. The fourth-order valence-electron chi connectivity index (χ4n) is 2.95. The second-order valence-corrected chi connectivity index (χ2v) is 5.34. The van der Waals surface area contributed by atoms with Crippen molar-refractivity contribution in [3.63, 3.8) is 0 Å². The van der Waals surface area contributed by atoms with Crippen molar-refractivity contribution >= 4 is 17.0 Å². The summed E-state index contributed by atoms with van der Waals surface area (Å²) < 4.78 is 15.7. The number of piperazine rings is 1. The van der Waals surface area contributed by atoms with Gasteiger partial charge in [0.05, 0.1) is 11.9 Å². The van der Waals surface area contributed by atoms with Gasteiger partial charge in [-0.3, -0.25) is 0 Å². The third-order valence-corrected chi connectivity index (χ3v) is 4.08. The molecule has 5 nitrogen and oxygen atoms in total. The van der Waals surface area contributed by atoms with Gasteiger partial charge in [0.1, 0.15) is 11.3 Å². The zero-order valence-electron chi connectivity index (χ0n) is 12.1. The predicted octanol–water partition coefficient (Wildman–Crippen LogP) is 2.20. The Balaban J connectivity index is 1.55. The number of halogens is 1. The first-order valence-electron chi connectivity index (χ1n) is 7.36. The normalized spacial score (nSPS) is 15.5. The van der Waals surface area contributed by atoms with E-state index in [0.717, 1.165) is 37.5 Å². The smallest absolute Gasteiger partial charge is 0.154 e. The lowest BCUT2D eigenvalue weighted by molar-refractivity contribution is 0.596. The first kappa shape index (κ1) is 13.1. The lowest BCUT2D eigenvalue weighted by Crippen LogP contribution is -2.47. The summed E-state index contributed by atoms with van der Waals surface area (Å²) in [7, 11) is 0. The van der Waals surface area contributed by atoms with Gasteiger partial charge in [0.25, 0.3) is 0 Å². The summed E-state index contributed by atoms with van der Waals surface area (Å²) in [6.07, 6.45) is 5.38. The van der Waals surface area contributed by atoms with E-state index in [-0.39, 0.29) is 5.82 Å². The first-order valence-corrected chi connectivity index (χ1v) is 7.36. The number of anilines is 2.